The predicted molar refractivity (Wildman–Crippen MR) is 84.6 cm³/mol. The van der Waals surface area contributed by atoms with E-state index in [0.717, 1.165) is 22.1 Å². The summed E-state index contributed by atoms with van der Waals surface area (Å²) >= 11 is 1.52. The molecule has 2 rings (SSSR count). The number of nitrogens with one attached hydrogen (secondary N) is 1. The van der Waals surface area contributed by atoms with Gasteiger partial charge in [0.1, 0.15) is 5.69 Å². The Labute approximate surface area is 124 Å². The number of hydrogen-bond donors (Lipinski definition) is 1. The van der Waals surface area contributed by atoms with Crippen LogP contribution in [-0.2, 0) is 0 Å². The van der Waals surface area contributed by atoms with Crippen molar-refractivity contribution < 1.29 is 0 Å². The van der Waals surface area contributed by atoms with Gasteiger partial charge in [0.25, 0.3) is 0 Å². The summed E-state index contributed by atoms with van der Waals surface area (Å²) in [4.78, 5) is 12.8. The largest absolute Gasteiger partial charge is 0.323 e. The Morgan fingerprint density at radius 3 is 2.45 bits per heavy atom. The minimum Gasteiger partial charge on any atom is -0.323 e. The normalized spacial score (nSPS) is 9.00. The van der Waals surface area contributed by atoms with E-state index in [1.54, 1.807) is 19.3 Å². The number of hydrogen-bond acceptors (Lipinski definition) is 5. The lowest BCUT2D eigenvalue weighted by Gasteiger charge is -2.01. The monoisotopic (exact) mass is 286 g/mol. The number of pyridine rings is 1. The second kappa shape index (κ2) is 9.08. The molecule has 0 radical (unpaired) electrons. The van der Waals surface area contributed by atoms with Crippen molar-refractivity contribution in [2.75, 3.05) is 20.4 Å². The van der Waals surface area contributed by atoms with Gasteiger partial charge in [0, 0.05) is 18.0 Å². The lowest BCUT2D eigenvalue weighted by atomic mass is 10.2. The standard InChI is InChI=1S/C13H11N3S.C2H7N/c1-3-4-11-6-5-10(9-15-11)12-7-8-14-13(16-12)17-2;1-3-2/h5-9H,1-2H3;3H,1-2H3. The fourth-order valence-electron chi connectivity index (χ4n) is 1.35. The molecule has 0 amide bonds. The van der Waals surface area contributed by atoms with Crippen molar-refractivity contribution in [1.29, 1.82) is 0 Å². The maximum absolute atomic E-state index is 4.41. The number of thioether (sulfide) groups is 1. The van der Waals surface area contributed by atoms with Crippen molar-refractivity contribution in [2.45, 2.75) is 12.1 Å². The molecule has 0 saturated carbocycles. The highest BCUT2D eigenvalue weighted by atomic mass is 32.2. The van der Waals surface area contributed by atoms with Crippen molar-refractivity contribution in [1.82, 2.24) is 20.3 Å². The molecule has 4 nitrogen and oxygen atoms in total. The molecular weight excluding hydrogens is 268 g/mol. The van der Waals surface area contributed by atoms with Gasteiger partial charge in [-0.3, -0.25) is 0 Å². The van der Waals surface area contributed by atoms with E-state index >= 15 is 0 Å². The van der Waals surface area contributed by atoms with Crippen LogP contribution in [0.15, 0.2) is 35.7 Å². The van der Waals surface area contributed by atoms with Gasteiger partial charge in [-0.2, -0.15) is 0 Å². The first-order valence-electron chi connectivity index (χ1n) is 6.09. The van der Waals surface area contributed by atoms with E-state index in [0.29, 0.717) is 0 Å². The number of aromatic nitrogens is 3. The molecule has 0 bridgehead atoms. The van der Waals surface area contributed by atoms with Crippen molar-refractivity contribution >= 4 is 11.8 Å². The minimum atomic E-state index is 0.764. The van der Waals surface area contributed by atoms with Crippen LogP contribution in [0.2, 0.25) is 0 Å². The van der Waals surface area contributed by atoms with E-state index in [4.69, 9.17) is 0 Å². The Kier molecular flexibility index (Phi) is 7.33. The second-order valence-electron chi connectivity index (χ2n) is 3.74. The fourth-order valence-corrected chi connectivity index (χ4v) is 1.70. The first-order valence-corrected chi connectivity index (χ1v) is 7.32. The molecule has 2 aromatic rings. The molecule has 0 atom stereocenters. The first kappa shape index (κ1) is 16.2. The maximum Gasteiger partial charge on any atom is 0.187 e. The summed E-state index contributed by atoms with van der Waals surface area (Å²) in [5, 5.41) is 3.51. The molecule has 0 fully saturated rings. The molecule has 0 aromatic carbocycles. The van der Waals surface area contributed by atoms with Crippen molar-refractivity contribution in [2.24, 2.45) is 0 Å². The van der Waals surface area contributed by atoms with Gasteiger partial charge >= 0.3 is 0 Å². The topological polar surface area (TPSA) is 50.7 Å². The molecule has 1 N–H and O–H groups in total. The van der Waals surface area contributed by atoms with Crippen LogP contribution in [0.1, 0.15) is 12.6 Å². The summed E-state index contributed by atoms with van der Waals surface area (Å²) in [6, 6.07) is 5.74. The summed E-state index contributed by atoms with van der Waals surface area (Å²) in [7, 11) is 3.75. The zero-order valence-corrected chi connectivity index (χ0v) is 13.0. The summed E-state index contributed by atoms with van der Waals surface area (Å²) in [5.74, 6) is 5.73. The maximum atomic E-state index is 4.41. The van der Waals surface area contributed by atoms with E-state index in [2.05, 4.69) is 32.1 Å². The van der Waals surface area contributed by atoms with E-state index in [9.17, 15) is 0 Å². The van der Waals surface area contributed by atoms with Gasteiger partial charge in [0.05, 0.1) is 5.69 Å². The summed E-state index contributed by atoms with van der Waals surface area (Å²) < 4.78 is 0. The SMILES string of the molecule is CC#Cc1ccc(-c2ccnc(SC)n2)cn1.CNC. The van der Waals surface area contributed by atoms with Gasteiger partial charge in [0.2, 0.25) is 0 Å². The predicted octanol–water partition coefficient (Wildman–Crippen LogP) is 2.47. The third kappa shape index (κ3) is 5.00. The van der Waals surface area contributed by atoms with Crippen LogP contribution >= 0.6 is 11.8 Å². The Hall–Kier alpha value is -1.90. The molecular formula is C15H18N4S. The number of nitrogens with zero attached hydrogens (tertiary/aromatic N) is 3. The minimum absolute atomic E-state index is 0.764. The van der Waals surface area contributed by atoms with Crippen molar-refractivity contribution in [3.8, 4) is 23.1 Å². The molecule has 2 heterocycles. The zero-order chi connectivity index (χ0) is 14.8. The van der Waals surface area contributed by atoms with Crippen LogP contribution in [0.25, 0.3) is 11.3 Å². The molecule has 104 valence electrons. The van der Waals surface area contributed by atoms with E-state index < -0.39 is 0 Å². The third-order valence-electron chi connectivity index (χ3n) is 2.13. The Balaban J connectivity index is 0.000000612. The molecule has 0 aliphatic rings. The summed E-state index contributed by atoms with van der Waals surface area (Å²) in [6.45, 7) is 1.80. The van der Waals surface area contributed by atoms with Gasteiger partial charge in [-0.05, 0) is 51.4 Å². The molecule has 2 aromatic heterocycles. The lowest BCUT2D eigenvalue weighted by Crippen LogP contribution is -1.90. The summed E-state index contributed by atoms with van der Waals surface area (Å²) in [5.41, 5.74) is 2.63. The van der Waals surface area contributed by atoms with Crippen molar-refractivity contribution in [3.63, 3.8) is 0 Å². The molecule has 0 saturated heterocycles. The van der Waals surface area contributed by atoms with E-state index in [1.165, 1.54) is 11.8 Å². The van der Waals surface area contributed by atoms with E-state index in [1.807, 2.05) is 38.6 Å². The van der Waals surface area contributed by atoms with Crippen LogP contribution < -0.4 is 5.32 Å². The third-order valence-corrected chi connectivity index (χ3v) is 2.69. The molecule has 0 spiro atoms. The zero-order valence-electron chi connectivity index (χ0n) is 12.1. The van der Waals surface area contributed by atoms with E-state index in [-0.39, 0.29) is 0 Å². The van der Waals surface area contributed by atoms with Gasteiger partial charge < -0.3 is 5.32 Å². The smallest absolute Gasteiger partial charge is 0.187 e. The average Bonchev–Trinajstić information content (AvgIpc) is 2.49. The molecule has 20 heavy (non-hydrogen) atoms. The van der Waals surface area contributed by atoms with Crippen LogP contribution in [-0.4, -0.2) is 35.3 Å². The van der Waals surface area contributed by atoms with Crippen molar-refractivity contribution in [3.05, 3.63) is 36.3 Å². The van der Waals surface area contributed by atoms with Gasteiger partial charge in [-0.15, -0.1) is 0 Å². The Bertz CT molecular complexity index is 585. The molecule has 0 unspecified atom stereocenters. The summed E-state index contributed by atoms with van der Waals surface area (Å²) in [6.07, 6.45) is 5.50. The highest BCUT2D eigenvalue weighted by Crippen LogP contribution is 2.18. The van der Waals surface area contributed by atoms with Crippen LogP contribution in [0, 0.1) is 11.8 Å². The Morgan fingerprint density at radius 1 is 1.15 bits per heavy atom. The molecule has 5 heteroatoms. The molecule has 0 aliphatic carbocycles. The van der Waals surface area contributed by atoms with Crippen LogP contribution in [0.3, 0.4) is 0 Å². The molecule has 0 aliphatic heterocycles. The fraction of sp³-hybridized carbons (Fsp3) is 0.267. The first-order chi connectivity index (χ1) is 9.74. The van der Waals surface area contributed by atoms with Crippen LogP contribution in [0.5, 0.6) is 0 Å². The highest BCUT2D eigenvalue weighted by Gasteiger charge is 2.01. The number of rotatable bonds is 2. The average molecular weight is 286 g/mol. The Morgan fingerprint density at radius 2 is 1.90 bits per heavy atom. The van der Waals surface area contributed by atoms with Crippen LogP contribution in [0.4, 0.5) is 0 Å². The van der Waals surface area contributed by atoms with Gasteiger partial charge in [-0.25, -0.2) is 15.0 Å². The quantitative estimate of drug-likeness (QED) is 0.522. The van der Waals surface area contributed by atoms with Gasteiger partial charge in [-0.1, -0.05) is 17.7 Å². The van der Waals surface area contributed by atoms with Gasteiger partial charge in [0.15, 0.2) is 5.16 Å². The lowest BCUT2D eigenvalue weighted by molar-refractivity contribution is 0.975. The second-order valence-corrected chi connectivity index (χ2v) is 4.51. The highest BCUT2D eigenvalue weighted by molar-refractivity contribution is 7.98.